The smallest absolute Gasteiger partial charge is 0.389 e. The number of nitrogens with one attached hydrogen (secondary N) is 2. The van der Waals surface area contributed by atoms with Gasteiger partial charge in [0.05, 0.1) is 52.4 Å². The highest BCUT2D eigenvalue weighted by Crippen LogP contribution is 2.63. The number of aromatic nitrogens is 4. The molecule has 2 N–H and O–H groups in total. The van der Waals surface area contributed by atoms with Gasteiger partial charge in [0, 0.05) is 73.3 Å². The molecule has 7 atom stereocenters. The molecule has 3 saturated heterocycles. The lowest BCUT2D eigenvalue weighted by atomic mass is 9.79. The van der Waals surface area contributed by atoms with Crippen molar-refractivity contribution in [1.82, 2.24) is 24.0 Å². The van der Waals surface area contributed by atoms with Crippen molar-refractivity contribution < 1.29 is 42.0 Å². The van der Waals surface area contributed by atoms with Crippen LogP contribution in [-0.2, 0) is 38.2 Å². The molecule has 5 aromatic rings. The maximum Gasteiger partial charge on any atom is 0.389 e. The molecule has 3 unspecified atom stereocenters. The van der Waals surface area contributed by atoms with Gasteiger partial charge in [0.2, 0.25) is 0 Å². The highest BCUT2D eigenvalue weighted by atomic mass is 33.1. The van der Waals surface area contributed by atoms with Gasteiger partial charge in [0.15, 0.2) is 0 Å². The quantitative estimate of drug-likeness (QED) is 0.0291. The molecular formula is C50H62N5O13PS3. The number of methoxy groups -OCH3 is 2. The van der Waals surface area contributed by atoms with Crippen LogP contribution in [0.5, 0.6) is 11.5 Å². The molecule has 388 valence electrons. The fraction of sp³-hybridized carbons (Fsp3) is 0.480. The zero-order valence-electron chi connectivity index (χ0n) is 40.9. The number of hydrogen-bond donors (Lipinski definition) is 2. The van der Waals surface area contributed by atoms with Gasteiger partial charge in [-0.2, -0.15) is 0 Å². The average molecular weight is 1070 g/mol. The Bertz CT molecular complexity index is 2810. The summed E-state index contributed by atoms with van der Waals surface area (Å²) in [5.41, 5.74) is -0.699. The number of nitrogens with zero attached hydrogens (tertiary/aromatic N) is 3. The molecule has 3 aliphatic heterocycles. The maximum absolute atomic E-state index is 15.5. The van der Waals surface area contributed by atoms with Crippen LogP contribution in [0.15, 0.2) is 110 Å². The number of aromatic amines is 2. The van der Waals surface area contributed by atoms with Gasteiger partial charge in [0.1, 0.15) is 35.7 Å². The van der Waals surface area contributed by atoms with Gasteiger partial charge in [-0.3, -0.25) is 42.6 Å². The van der Waals surface area contributed by atoms with Crippen LogP contribution in [0.25, 0.3) is 0 Å². The predicted molar refractivity (Wildman–Crippen MR) is 280 cm³/mol. The normalized spacial score (nSPS) is 22.5. The molecule has 72 heavy (non-hydrogen) atoms. The second kappa shape index (κ2) is 24.8. The lowest BCUT2D eigenvalue weighted by Gasteiger charge is -2.39. The summed E-state index contributed by atoms with van der Waals surface area (Å²) < 4.78 is 68.6. The highest BCUT2D eigenvalue weighted by Gasteiger charge is 2.48. The van der Waals surface area contributed by atoms with Crippen molar-refractivity contribution in [1.29, 1.82) is 0 Å². The molecule has 3 fully saturated rings. The van der Waals surface area contributed by atoms with E-state index in [0.29, 0.717) is 40.6 Å². The molecule has 0 saturated carbocycles. The molecule has 3 aromatic carbocycles. The van der Waals surface area contributed by atoms with Crippen molar-refractivity contribution in [2.45, 2.75) is 82.5 Å². The van der Waals surface area contributed by atoms with Gasteiger partial charge < -0.3 is 28.4 Å². The van der Waals surface area contributed by atoms with Gasteiger partial charge in [-0.15, -0.1) is 0 Å². The topological polar surface area (TPSA) is 204 Å². The largest absolute Gasteiger partial charge is 0.497 e. The van der Waals surface area contributed by atoms with Crippen LogP contribution in [0.4, 0.5) is 0 Å². The van der Waals surface area contributed by atoms with Crippen LogP contribution >= 0.6 is 39.8 Å². The minimum Gasteiger partial charge on any atom is -0.497 e. The molecule has 0 spiro atoms. The number of hydrogen-bond acceptors (Lipinski definition) is 17. The van der Waals surface area contributed by atoms with Crippen LogP contribution < -0.4 is 32.0 Å². The molecule has 3 aliphatic rings. The Morgan fingerprint density at radius 2 is 1.22 bits per heavy atom. The van der Waals surface area contributed by atoms with Crippen LogP contribution in [0.3, 0.4) is 0 Å². The van der Waals surface area contributed by atoms with Gasteiger partial charge in [-0.25, -0.2) is 14.2 Å². The zero-order valence-corrected chi connectivity index (χ0v) is 44.3. The van der Waals surface area contributed by atoms with Crippen molar-refractivity contribution in [3.8, 4) is 11.5 Å². The van der Waals surface area contributed by atoms with E-state index < -0.39 is 71.8 Å². The fourth-order valence-corrected chi connectivity index (χ4v) is 15.3. The Labute approximate surface area is 429 Å². The predicted octanol–water partition coefficient (Wildman–Crippen LogP) is 7.04. The van der Waals surface area contributed by atoms with Crippen molar-refractivity contribution in [3.63, 3.8) is 0 Å². The van der Waals surface area contributed by atoms with E-state index in [-0.39, 0.29) is 19.4 Å². The van der Waals surface area contributed by atoms with E-state index in [1.54, 1.807) is 49.7 Å². The Morgan fingerprint density at radius 3 is 1.78 bits per heavy atom. The minimum absolute atomic E-state index is 0.111. The number of morpholine rings is 1. The molecule has 5 heterocycles. The number of aryl methyl sites for hydroxylation is 2. The molecule has 18 nitrogen and oxygen atoms in total. The summed E-state index contributed by atoms with van der Waals surface area (Å²) in [7, 11) is 6.62. The van der Waals surface area contributed by atoms with Gasteiger partial charge >= 0.3 is 18.2 Å². The second-order valence-electron chi connectivity index (χ2n) is 17.6. The van der Waals surface area contributed by atoms with Gasteiger partial charge in [-0.05, 0) is 72.6 Å². The molecule has 2 aromatic heterocycles. The average Bonchev–Trinajstić information content (AvgIpc) is 4.00. The monoisotopic (exact) mass is 1070 g/mol. The van der Waals surface area contributed by atoms with Crippen LogP contribution in [0.1, 0.15) is 66.5 Å². The summed E-state index contributed by atoms with van der Waals surface area (Å²) in [6, 6.07) is 24.9. The number of ether oxygens (including phenoxy) is 6. The Kier molecular flexibility index (Phi) is 18.5. The zero-order chi connectivity index (χ0) is 50.8. The summed E-state index contributed by atoms with van der Waals surface area (Å²) in [4.78, 5) is 58.5. The lowest BCUT2D eigenvalue weighted by molar-refractivity contribution is -0.0976. The minimum atomic E-state index is -4.11. The molecular weight excluding hydrogens is 1010 g/mol. The van der Waals surface area contributed by atoms with Gasteiger partial charge in [-0.1, -0.05) is 83.1 Å². The first-order chi connectivity index (χ1) is 34.8. The molecule has 22 heteroatoms. The Balaban J connectivity index is 1.12. The third-order valence-corrected chi connectivity index (χ3v) is 19.3. The van der Waals surface area contributed by atoms with E-state index in [1.807, 2.05) is 85.8 Å². The number of rotatable bonds is 23. The number of benzene rings is 3. The maximum atomic E-state index is 15.5. The first-order valence-electron chi connectivity index (χ1n) is 23.9. The summed E-state index contributed by atoms with van der Waals surface area (Å²) in [6.45, 7) is 4.94. The molecule has 8 rings (SSSR count). The Morgan fingerprint density at radius 1 is 0.694 bits per heavy atom. The SMILES string of the molecule is CC[C@H]1O[C@@H](n2cc(C)c(=O)[nH]c2=O)CC1OP(=O)(OC[C@H]1O[C@@H](n2cc(C)c(=O)[nH]c2=O)CC1OC(c1ccccc1)(c1ccc(OC)cc1)c1ccc(OC)cc1)SCCSSCCN1CCOCC1. The van der Waals surface area contributed by atoms with Gasteiger partial charge in [0.25, 0.3) is 11.1 Å². The van der Waals surface area contributed by atoms with Crippen LogP contribution in [-0.4, -0.2) is 119 Å². The molecule has 0 bridgehead atoms. The summed E-state index contributed by atoms with van der Waals surface area (Å²) in [5, 5.41) is 0. The third kappa shape index (κ3) is 12.7. The Hall–Kier alpha value is -4.38. The summed E-state index contributed by atoms with van der Waals surface area (Å²) in [5.74, 6) is 3.24. The van der Waals surface area contributed by atoms with E-state index >= 15 is 4.57 Å². The van der Waals surface area contributed by atoms with E-state index in [4.69, 9.17) is 37.5 Å². The standard InChI is InChI=1S/C50H62N5O13PS3/c1-6-40-42(29-45(65-40)55-31-34(3)47(57)52-49(55)59)68-69(60,70-26-27-72-71-25-22-53-20-23-63-24-21-53)64-32-43-41(28-44(66-43)54-30-33(2)46(56)51-48(54)58)67-50(35-10-8-7-9-11-35,36-12-16-38(61-4)17-13-36)37-14-18-39(62-5)19-15-37/h7-19,30-31,40-45H,6,20-29,32H2,1-5H3,(H,51,56,58)(H,52,57,59)/t40-,41?,42?,43-,44-,45-,69?/m1/s1. The van der Waals surface area contributed by atoms with Crippen molar-refractivity contribution in [3.05, 3.63) is 161 Å². The number of H-pyrrole nitrogens is 2. The molecule has 0 radical (unpaired) electrons. The third-order valence-electron chi connectivity index (χ3n) is 12.9. The highest BCUT2D eigenvalue weighted by molar-refractivity contribution is 8.76. The van der Waals surface area contributed by atoms with E-state index in [2.05, 4.69) is 14.9 Å². The van der Waals surface area contributed by atoms with E-state index in [0.717, 1.165) is 66.7 Å². The van der Waals surface area contributed by atoms with E-state index in [1.165, 1.54) is 21.5 Å². The first kappa shape index (κ1) is 53.9. The summed E-state index contributed by atoms with van der Waals surface area (Å²) >= 11 is 1.08. The van der Waals surface area contributed by atoms with Crippen molar-refractivity contribution >= 4 is 39.8 Å². The fourth-order valence-electron chi connectivity index (χ4n) is 9.07. The van der Waals surface area contributed by atoms with Crippen molar-refractivity contribution in [2.24, 2.45) is 0 Å². The molecule has 0 amide bonds. The second-order valence-corrected chi connectivity index (χ2v) is 24.4. The van der Waals surface area contributed by atoms with E-state index in [9.17, 15) is 19.2 Å². The van der Waals surface area contributed by atoms with Crippen LogP contribution in [0, 0.1) is 13.8 Å². The summed E-state index contributed by atoms with van der Waals surface area (Å²) in [6.07, 6.45) is -1.27. The first-order valence-corrected chi connectivity index (χ1v) is 29.5. The molecule has 0 aliphatic carbocycles. The lowest BCUT2D eigenvalue weighted by Crippen LogP contribution is -2.41. The van der Waals surface area contributed by atoms with Crippen molar-refractivity contribution in [2.75, 3.05) is 70.9 Å². The van der Waals surface area contributed by atoms with Crippen LogP contribution in [0.2, 0.25) is 0 Å².